The van der Waals surface area contributed by atoms with E-state index in [9.17, 15) is 8.42 Å². The average molecular weight is 316 g/mol. The molecule has 0 aliphatic carbocycles. The molecule has 0 spiro atoms. The quantitative estimate of drug-likeness (QED) is 0.945. The summed E-state index contributed by atoms with van der Waals surface area (Å²) in [4.78, 5) is 0.154. The molecule has 0 saturated carbocycles. The molecule has 1 aliphatic heterocycles. The number of ether oxygens (including phenoxy) is 1. The zero-order chi connectivity index (χ0) is 15.6. The molecule has 0 unspecified atom stereocenters. The van der Waals surface area contributed by atoms with Crippen LogP contribution in [0, 0.1) is 0 Å². The van der Waals surface area contributed by atoms with Crippen molar-refractivity contribution in [3.63, 3.8) is 0 Å². The number of sulfonamides is 1. The van der Waals surface area contributed by atoms with E-state index in [-0.39, 0.29) is 4.90 Å². The van der Waals surface area contributed by atoms with Crippen LogP contribution in [0.1, 0.15) is 12.0 Å². The van der Waals surface area contributed by atoms with Gasteiger partial charge in [-0.05, 0) is 42.3 Å². The Morgan fingerprint density at radius 2 is 1.77 bits per heavy atom. The van der Waals surface area contributed by atoms with Crippen molar-refractivity contribution in [1.82, 2.24) is 0 Å². The molecule has 114 valence electrons. The molecular weight excluding hydrogens is 300 g/mol. The lowest BCUT2D eigenvalue weighted by Gasteiger charge is -2.19. The predicted octanol–water partition coefficient (Wildman–Crippen LogP) is 2.84. The van der Waals surface area contributed by atoms with E-state index in [0.717, 1.165) is 12.1 Å². The van der Waals surface area contributed by atoms with Gasteiger partial charge in [0.05, 0.1) is 12.0 Å². The fourth-order valence-electron chi connectivity index (χ4n) is 2.35. The van der Waals surface area contributed by atoms with Crippen LogP contribution in [0.5, 0.6) is 5.75 Å². The van der Waals surface area contributed by atoms with Gasteiger partial charge in [-0.2, -0.15) is 8.42 Å². The van der Waals surface area contributed by atoms with Gasteiger partial charge in [-0.3, -0.25) is 0 Å². The van der Waals surface area contributed by atoms with E-state index in [1.54, 1.807) is 12.1 Å². The molecule has 1 N–H and O–H groups in total. The molecule has 3 rings (SSSR count). The van der Waals surface area contributed by atoms with Crippen LogP contribution >= 0.6 is 0 Å². The van der Waals surface area contributed by atoms with Crippen molar-refractivity contribution in [3.05, 3.63) is 54.1 Å². The molecule has 2 aromatic rings. The molecule has 0 aromatic heterocycles. The molecule has 0 bridgehead atoms. The van der Waals surface area contributed by atoms with Crippen molar-refractivity contribution >= 4 is 21.5 Å². The molecule has 1 heterocycles. The third-order valence-electron chi connectivity index (χ3n) is 3.52. The number of nitrogens with one attached hydrogen (secondary N) is 1. The van der Waals surface area contributed by atoms with Crippen LogP contribution in [0.4, 0.5) is 5.69 Å². The zero-order valence-electron chi connectivity index (χ0n) is 12.1. The number of rotatable bonds is 3. The van der Waals surface area contributed by atoms with Crippen molar-refractivity contribution in [2.75, 3.05) is 12.4 Å². The third-order valence-corrected chi connectivity index (χ3v) is 4.84. The van der Waals surface area contributed by atoms with Crippen molar-refractivity contribution in [2.45, 2.75) is 17.7 Å². The summed E-state index contributed by atoms with van der Waals surface area (Å²) in [6.07, 6.45) is 1.35. The van der Waals surface area contributed by atoms with Crippen LogP contribution < -0.4 is 10.1 Å². The summed E-state index contributed by atoms with van der Waals surface area (Å²) in [5.41, 5.74) is 2.08. The first-order valence-electron chi connectivity index (χ1n) is 6.91. The predicted molar refractivity (Wildman–Crippen MR) is 86.0 cm³/mol. The molecule has 5 nitrogen and oxygen atoms in total. The molecule has 22 heavy (non-hydrogen) atoms. The maximum atomic E-state index is 12.3. The first-order chi connectivity index (χ1) is 10.6. The molecule has 0 amide bonds. The summed E-state index contributed by atoms with van der Waals surface area (Å²) in [5.74, 6) is 1.07. The van der Waals surface area contributed by atoms with Crippen LogP contribution in [0.15, 0.2) is 57.8 Å². The van der Waals surface area contributed by atoms with E-state index >= 15 is 0 Å². The van der Waals surface area contributed by atoms with Gasteiger partial charge in [0.25, 0.3) is 10.0 Å². The van der Waals surface area contributed by atoms with Gasteiger partial charge in [0, 0.05) is 12.1 Å². The van der Waals surface area contributed by atoms with E-state index in [1.165, 1.54) is 24.8 Å². The molecular formula is C16H16N2O3S. The topological polar surface area (TPSA) is 67.8 Å². The van der Waals surface area contributed by atoms with Gasteiger partial charge in [-0.15, -0.1) is 4.40 Å². The second-order valence-corrected chi connectivity index (χ2v) is 6.57. The first kappa shape index (κ1) is 14.6. The Balaban J connectivity index is 1.87. The highest BCUT2D eigenvalue weighted by atomic mass is 32.2. The largest absolute Gasteiger partial charge is 0.497 e. The summed E-state index contributed by atoms with van der Waals surface area (Å²) in [5, 5.41) is 3.09. The number of amidine groups is 1. The summed E-state index contributed by atoms with van der Waals surface area (Å²) in [7, 11) is -2.18. The summed E-state index contributed by atoms with van der Waals surface area (Å²) in [6.45, 7) is 0. The number of benzene rings is 2. The fraction of sp³-hybridized carbons (Fsp3) is 0.188. The number of aryl methyl sites for hydroxylation is 1. The monoisotopic (exact) mass is 316 g/mol. The van der Waals surface area contributed by atoms with Crippen molar-refractivity contribution in [1.29, 1.82) is 0 Å². The summed E-state index contributed by atoms with van der Waals surface area (Å²) < 4.78 is 33.6. The number of hydrogen-bond donors (Lipinski definition) is 1. The Kier molecular flexibility index (Phi) is 3.85. The van der Waals surface area contributed by atoms with Crippen LogP contribution in [0.3, 0.4) is 0 Å². The molecule has 6 heteroatoms. The zero-order valence-corrected chi connectivity index (χ0v) is 12.9. The summed E-state index contributed by atoms with van der Waals surface area (Å²) in [6, 6.07) is 14.0. The lowest BCUT2D eigenvalue weighted by atomic mass is 10.0. The summed E-state index contributed by atoms with van der Waals surface area (Å²) >= 11 is 0. The van der Waals surface area contributed by atoms with Crippen molar-refractivity contribution < 1.29 is 13.2 Å². The first-order valence-corrected chi connectivity index (χ1v) is 8.35. The Morgan fingerprint density at radius 1 is 1.05 bits per heavy atom. The van der Waals surface area contributed by atoms with E-state index < -0.39 is 10.0 Å². The number of hydrogen-bond acceptors (Lipinski definition) is 3. The van der Waals surface area contributed by atoms with Crippen molar-refractivity contribution in [2.24, 2.45) is 4.40 Å². The second-order valence-electron chi connectivity index (χ2n) is 4.97. The van der Waals surface area contributed by atoms with Gasteiger partial charge in [0.2, 0.25) is 0 Å². The Bertz CT molecular complexity index is 812. The van der Waals surface area contributed by atoms with E-state index in [2.05, 4.69) is 9.71 Å². The standard InChI is InChI=1S/C16H16N2O3S/c1-21-13-7-9-14(10-8-13)22(19,20)18-16-11-6-12-4-2-3-5-15(12)17-16/h2-5,7-10H,6,11H2,1H3,(H,17,18). The second kappa shape index (κ2) is 5.81. The molecule has 0 fully saturated rings. The third kappa shape index (κ3) is 2.96. The van der Waals surface area contributed by atoms with Gasteiger partial charge in [0.1, 0.15) is 11.6 Å². The number of fused-ring (bicyclic) bond motifs is 1. The van der Waals surface area contributed by atoms with Crippen LogP contribution in [0.2, 0.25) is 0 Å². The normalized spacial score (nSPS) is 16.0. The lowest BCUT2D eigenvalue weighted by Crippen LogP contribution is -2.21. The minimum absolute atomic E-state index is 0.154. The fourth-order valence-corrected chi connectivity index (χ4v) is 3.36. The number of anilines is 1. The smallest absolute Gasteiger partial charge is 0.283 e. The highest BCUT2D eigenvalue weighted by molar-refractivity contribution is 7.90. The van der Waals surface area contributed by atoms with Gasteiger partial charge in [0.15, 0.2) is 0 Å². The average Bonchev–Trinajstić information content (AvgIpc) is 2.54. The minimum atomic E-state index is -3.72. The highest BCUT2D eigenvalue weighted by Gasteiger charge is 2.18. The maximum Gasteiger partial charge on any atom is 0.283 e. The lowest BCUT2D eigenvalue weighted by molar-refractivity contribution is 0.414. The molecule has 0 atom stereocenters. The highest BCUT2D eigenvalue weighted by Crippen LogP contribution is 2.24. The van der Waals surface area contributed by atoms with Crippen LogP contribution in [0.25, 0.3) is 0 Å². The van der Waals surface area contributed by atoms with Crippen LogP contribution in [-0.2, 0) is 16.4 Å². The molecule has 2 aromatic carbocycles. The number of para-hydroxylation sites is 1. The van der Waals surface area contributed by atoms with E-state index in [0.29, 0.717) is 18.0 Å². The minimum Gasteiger partial charge on any atom is -0.497 e. The number of methoxy groups -OCH3 is 1. The molecule has 1 aliphatic rings. The number of nitrogens with zero attached hydrogens (tertiary/aromatic N) is 1. The van der Waals surface area contributed by atoms with Gasteiger partial charge >= 0.3 is 0 Å². The van der Waals surface area contributed by atoms with E-state index in [1.807, 2.05) is 24.3 Å². The molecule has 0 radical (unpaired) electrons. The maximum absolute atomic E-state index is 12.3. The van der Waals surface area contributed by atoms with Crippen LogP contribution in [-0.4, -0.2) is 21.4 Å². The SMILES string of the molecule is COc1ccc(S(=O)(=O)N=C2CCc3ccccc3N2)cc1. The van der Waals surface area contributed by atoms with Gasteiger partial charge < -0.3 is 10.1 Å². The Hall–Kier alpha value is -2.34. The van der Waals surface area contributed by atoms with Crippen molar-refractivity contribution in [3.8, 4) is 5.75 Å². The van der Waals surface area contributed by atoms with E-state index in [4.69, 9.17) is 4.74 Å². The Morgan fingerprint density at radius 3 is 2.50 bits per heavy atom. The van der Waals surface area contributed by atoms with Gasteiger partial charge in [-0.1, -0.05) is 18.2 Å². The van der Waals surface area contributed by atoms with Gasteiger partial charge in [-0.25, -0.2) is 0 Å². The molecule has 0 saturated heterocycles. The Labute approximate surface area is 129 Å².